The molecule has 1 unspecified atom stereocenters. The van der Waals surface area contributed by atoms with Crippen molar-refractivity contribution in [3.63, 3.8) is 0 Å². The number of aliphatic hydroxyl groups excluding tert-OH is 2. The van der Waals surface area contributed by atoms with E-state index in [2.05, 4.69) is 78.9 Å². The van der Waals surface area contributed by atoms with Gasteiger partial charge in [0.25, 0.3) is 0 Å². The van der Waals surface area contributed by atoms with E-state index in [0.29, 0.717) is 6.61 Å². The highest BCUT2D eigenvalue weighted by Crippen LogP contribution is 2.57. The molecule has 5 rings (SSSR count). The number of hydrogen-bond acceptors (Lipinski definition) is 4. The summed E-state index contributed by atoms with van der Waals surface area (Å²) in [4.78, 5) is 0. The van der Waals surface area contributed by atoms with E-state index in [0.717, 1.165) is 12.2 Å². The van der Waals surface area contributed by atoms with E-state index in [-0.39, 0.29) is 25.9 Å². The van der Waals surface area contributed by atoms with Gasteiger partial charge >= 0.3 is 0 Å². The highest BCUT2D eigenvalue weighted by atomic mass is 16.5. The molecular formula is C29H28O4. The molecule has 3 aromatic carbocycles. The van der Waals surface area contributed by atoms with E-state index < -0.39 is 5.41 Å². The molecule has 2 N–H and O–H groups in total. The lowest BCUT2D eigenvalue weighted by atomic mass is 9.66. The van der Waals surface area contributed by atoms with Gasteiger partial charge in [0, 0.05) is 0 Å². The molecule has 3 aromatic rings. The molecule has 0 saturated carbocycles. The first-order valence-electron chi connectivity index (χ1n) is 11.4. The fraction of sp³-hybridized carbons (Fsp3) is 0.241. The fourth-order valence-electron chi connectivity index (χ4n) is 5.19. The molecule has 0 bridgehead atoms. The first-order valence-corrected chi connectivity index (χ1v) is 11.4. The van der Waals surface area contributed by atoms with Crippen LogP contribution in [0.25, 0.3) is 11.1 Å². The molecule has 0 aliphatic heterocycles. The molecule has 4 heteroatoms. The Bertz CT molecular complexity index is 1130. The summed E-state index contributed by atoms with van der Waals surface area (Å²) in [5.41, 5.74) is 6.97. The molecule has 2 aliphatic rings. The number of ether oxygens (including phenoxy) is 2. The first-order chi connectivity index (χ1) is 16.3. The van der Waals surface area contributed by atoms with Gasteiger partial charge in [-0.2, -0.15) is 0 Å². The Labute approximate surface area is 194 Å². The molecule has 0 radical (unpaired) electrons. The van der Waals surface area contributed by atoms with E-state index in [4.69, 9.17) is 19.7 Å². The van der Waals surface area contributed by atoms with Crippen molar-refractivity contribution >= 4 is 0 Å². The largest absolute Gasteiger partial charge is 0.491 e. The summed E-state index contributed by atoms with van der Waals surface area (Å²) in [6, 6.07) is 25.5. The van der Waals surface area contributed by atoms with Crippen LogP contribution in [-0.2, 0) is 10.2 Å². The minimum absolute atomic E-state index is 0.0103. The standard InChI is InChI=1S/C29H28O4/c30-17-19-32-23-13-9-21(10-14-23)29(22-11-15-24(16-12-22)33-20-18-31)27-7-3-1-5-25(27)26-6-2-4-8-28(26)29/h1-15,24,30-31H,16-20H2. The summed E-state index contributed by atoms with van der Waals surface area (Å²) < 4.78 is 11.4. The van der Waals surface area contributed by atoms with Gasteiger partial charge in [0.1, 0.15) is 12.4 Å². The second-order valence-corrected chi connectivity index (χ2v) is 8.32. The molecular weight excluding hydrogens is 412 g/mol. The van der Waals surface area contributed by atoms with Gasteiger partial charge in [-0.3, -0.25) is 0 Å². The van der Waals surface area contributed by atoms with Gasteiger partial charge in [-0.05, 0) is 51.9 Å². The van der Waals surface area contributed by atoms with E-state index in [1.807, 2.05) is 12.1 Å². The summed E-state index contributed by atoms with van der Waals surface area (Å²) in [5, 5.41) is 18.2. The molecule has 0 fully saturated rings. The maximum absolute atomic E-state index is 9.12. The molecule has 1 atom stereocenters. The predicted octanol–water partition coefficient (Wildman–Crippen LogP) is 4.64. The van der Waals surface area contributed by atoms with Crippen LogP contribution in [0.4, 0.5) is 0 Å². The van der Waals surface area contributed by atoms with Crippen molar-refractivity contribution in [2.45, 2.75) is 17.9 Å². The Balaban J connectivity index is 1.67. The Morgan fingerprint density at radius 2 is 1.42 bits per heavy atom. The maximum Gasteiger partial charge on any atom is 0.119 e. The van der Waals surface area contributed by atoms with Crippen molar-refractivity contribution < 1.29 is 19.7 Å². The molecule has 0 amide bonds. The molecule has 0 aromatic heterocycles. The summed E-state index contributed by atoms with van der Waals surface area (Å²) in [6.45, 7) is 0.628. The van der Waals surface area contributed by atoms with Crippen LogP contribution in [0, 0.1) is 0 Å². The van der Waals surface area contributed by atoms with Crippen molar-refractivity contribution in [1.82, 2.24) is 0 Å². The summed E-state index contributed by atoms with van der Waals surface area (Å²) in [6.07, 6.45) is 7.29. The Morgan fingerprint density at radius 1 is 0.788 bits per heavy atom. The summed E-state index contributed by atoms with van der Waals surface area (Å²) in [7, 11) is 0. The molecule has 4 nitrogen and oxygen atoms in total. The van der Waals surface area contributed by atoms with E-state index in [1.165, 1.54) is 33.4 Å². The average molecular weight is 441 g/mol. The molecule has 2 aliphatic carbocycles. The van der Waals surface area contributed by atoms with Crippen LogP contribution < -0.4 is 4.74 Å². The Hall–Kier alpha value is -3.18. The monoisotopic (exact) mass is 440 g/mol. The lowest BCUT2D eigenvalue weighted by Crippen LogP contribution is -2.30. The third kappa shape index (κ3) is 3.70. The second-order valence-electron chi connectivity index (χ2n) is 8.32. The van der Waals surface area contributed by atoms with Crippen LogP contribution in [0.3, 0.4) is 0 Å². The van der Waals surface area contributed by atoms with Crippen LogP contribution in [0.5, 0.6) is 5.75 Å². The van der Waals surface area contributed by atoms with Gasteiger partial charge in [0.2, 0.25) is 0 Å². The van der Waals surface area contributed by atoms with Gasteiger partial charge < -0.3 is 19.7 Å². The van der Waals surface area contributed by atoms with E-state index in [9.17, 15) is 0 Å². The van der Waals surface area contributed by atoms with Crippen molar-refractivity contribution in [3.8, 4) is 16.9 Å². The normalized spacial score (nSPS) is 17.9. The second kappa shape index (κ2) is 9.36. The predicted molar refractivity (Wildman–Crippen MR) is 129 cm³/mol. The van der Waals surface area contributed by atoms with Crippen LogP contribution >= 0.6 is 0 Å². The number of hydrogen-bond donors (Lipinski definition) is 2. The van der Waals surface area contributed by atoms with Crippen LogP contribution in [0.2, 0.25) is 0 Å². The van der Waals surface area contributed by atoms with Gasteiger partial charge in [0.15, 0.2) is 0 Å². The first kappa shape index (κ1) is 21.7. The van der Waals surface area contributed by atoms with E-state index in [1.54, 1.807) is 0 Å². The lowest BCUT2D eigenvalue weighted by molar-refractivity contribution is 0.0553. The molecule has 33 heavy (non-hydrogen) atoms. The molecule has 0 saturated heterocycles. The zero-order valence-electron chi connectivity index (χ0n) is 18.5. The Kier molecular flexibility index (Phi) is 6.14. The third-order valence-electron chi connectivity index (χ3n) is 6.52. The van der Waals surface area contributed by atoms with Crippen molar-refractivity contribution in [3.05, 3.63) is 113 Å². The van der Waals surface area contributed by atoms with Crippen LogP contribution in [0.1, 0.15) is 23.1 Å². The van der Waals surface area contributed by atoms with Crippen molar-refractivity contribution in [2.24, 2.45) is 0 Å². The summed E-state index contributed by atoms with van der Waals surface area (Å²) in [5.74, 6) is 0.744. The van der Waals surface area contributed by atoms with Gasteiger partial charge in [0.05, 0.1) is 31.3 Å². The van der Waals surface area contributed by atoms with Gasteiger partial charge in [-0.15, -0.1) is 0 Å². The minimum Gasteiger partial charge on any atom is -0.491 e. The van der Waals surface area contributed by atoms with Crippen LogP contribution in [-0.4, -0.2) is 42.7 Å². The minimum atomic E-state index is -0.443. The quantitative estimate of drug-likeness (QED) is 0.536. The number of aliphatic hydroxyl groups is 2. The van der Waals surface area contributed by atoms with Crippen molar-refractivity contribution in [2.75, 3.05) is 26.4 Å². The SMILES string of the molecule is OCCOc1ccc(C2(C3=CCC(OCCO)C=C3)c3ccccc3-c3ccccc32)cc1. The fourth-order valence-corrected chi connectivity index (χ4v) is 5.19. The van der Waals surface area contributed by atoms with Crippen molar-refractivity contribution in [1.29, 1.82) is 0 Å². The topological polar surface area (TPSA) is 58.9 Å². The third-order valence-corrected chi connectivity index (χ3v) is 6.52. The number of fused-ring (bicyclic) bond motifs is 3. The maximum atomic E-state index is 9.12. The zero-order chi connectivity index (χ0) is 22.7. The highest BCUT2D eigenvalue weighted by Gasteiger charge is 2.46. The Morgan fingerprint density at radius 3 is 2.00 bits per heavy atom. The summed E-state index contributed by atoms with van der Waals surface area (Å²) >= 11 is 0. The lowest BCUT2D eigenvalue weighted by Gasteiger charge is -2.36. The van der Waals surface area contributed by atoms with E-state index >= 15 is 0 Å². The van der Waals surface area contributed by atoms with Gasteiger partial charge in [-0.25, -0.2) is 0 Å². The zero-order valence-corrected chi connectivity index (χ0v) is 18.5. The van der Waals surface area contributed by atoms with Crippen LogP contribution in [0.15, 0.2) is 96.6 Å². The number of benzene rings is 3. The molecule has 0 spiro atoms. The number of rotatable bonds is 8. The van der Waals surface area contributed by atoms with Gasteiger partial charge in [-0.1, -0.05) is 78.9 Å². The number of allylic oxidation sites excluding steroid dienone is 2. The molecule has 0 heterocycles. The highest BCUT2D eigenvalue weighted by molar-refractivity contribution is 5.86. The average Bonchev–Trinajstić information content (AvgIpc) is 3.18. The molecule has 168 valence electrons. The smallest absolute Gasteiger partial charge is 0.119 e.